The molecule has 2 rings (SSSR count). The monoisotopic (exact) mass is 372 g/mol. The summed E-state index contributed by atoms with van der Waals surface area (Å²) < 4.78 is 27.7. The zero-order valence-electron chi connectivity index (χ0n) is 12.7. The number of hydrogen-bond donors (Lipinski definition) is 2. The Bertz CT molecular complexity index is 801. The van der Waals surface area contributed by atoms with Gasteiger partial charge in [-0.05, 0) is 30.2 Å². The van der Waals surface area contributed by atoms with Gasteiger partial charge in [0.1, 0.15) is 4.21 Å². The van der Waals surface area contributed by atoms with Crippen LogP contribution in [0.25, 0.3) is 0 Å². The van der Waals surface area contributed by atoms with Gasteiger partial charge in [-0.2, -0.15) is 0 Å². The van der Waals surface area contributed by atoms with E-state index in [1.807, 2.05) is 13.8 Å². The van der Waals surface area contributed by atoms with Crippen molar-refractivity contribution in [1.29, 1.82) is 0 Å². The SMILES string of the molecule is CC(C)CNC(=O)c1ccccc1NS(=O)(=O)c1ccc(Cl)s1. The number of hydrogen-bond acceptors (Lipinski definition) is 4. The van der Waals surface area contributed by atoms with Gasteiger partial charge in [0.25, 0.3) is 15.9 Å². The van der Waals surface area contributed by atoms with E-state index in [-0.39, 0.29) is 21.4 Å². The third kappa shape index (κ3) is 4.70. The van der Waals surface area contributed by atoms with Crippen molar-refractivity contribution in [3.8, 4) is 0 Å². The Kier molecular flexibility index (Phi) is 5.67. The zero-order valence-corrected chi connectivity index (χ0v) is 15.1. The van der Waals surface area contributed by atoms with Gasteiger partial charge < -0.3 is 5.32 Å². The molecule has 0 spiro atoms. The number of benzene rings is 1. The highest BCUT2D eigenvalue weighted by Crippen LogP contribution is 2.28. The van der Waals surface area contributed by atoms with Crippen molar-refractivity contribution < 1.29 is 13.2 Å². The van der Waals surface area contributed by atoms with Crippen LogP contribution >= 0.6 is 22.9 Å². The summed E-state index contributed by atoms with van der Waals surface area (Å²) in [5.74, 6) is -0.0164. The molecule has 2 N–H and O–H groups in total. The molecular weight excluding hydrogens is 356 g/mol. The largest absolute Gasteiger partial charge is 0.352 e. The molecule has 124 valence electrons. The van der Waals surface area contributed by atoms with Crippen LogP contribution in [-0.4, -0.2) is 20.9 Å². The van der Waals surface area contributed by atoms with Crippen molar-refractivity contribution in [3.63, 3.8) is 0 Å². The maximum Gasteiger partial charge on any atom is 0.271 e. The predicted molar refractivity (Wildman–Crippen MR) is 93.8 cm³/mol. The topological polar surface area (TPSA) is 75.3 Å². The van der Waals surface area contributed by atoms with Gasteiger partial charge in [-0.1, -0.05) is 37.6 Å². The quantitative estimate of drug-likeness (QED) is 0.813. The number of sulfonamides is 1. The Labute approximate surface area is 144 Å². The highest BCUT2D eigenvalue weighted by molar-refractivity contribution is 7.94. The van der Waals surface area contributed by atoms with Crippen LogP contribution in [0.15, 0.2) is 40.6 Å². The molecule has 5 nitrogen and oxygen atoms in total. The maximum absolute atomic E-state index is 12.4. The molecule has 0 bridgehead atoms. The Morgan fingerprint density at radius 3 is 2.52 bits per heavy atom. The normalized spacial score (nSPS) is 11.5. The number of nitrogens with one attached hydrogen (secondary N) is 2. The van der Waals surface area contributed by atoms with Crippen LogP contribution in [0.2, 0.25) is 4.34 Å². The van der Waals surface area contributed by atoms with Gasteiger partial charge >= 0.3 is 0 Å². The summed E-state index contributed by atoms with van der Waals surface area (Å²) in [4.78, 5) is 12.2. The second-order valence-corrected chi connectivity index (χ2v) is 8.94. The van der Waals surface area contributed by atoms with E-state index in [2.05, 4.69) is 10.0 Å². The molecule has 1 aromatic carbocycles. The molecule has 0 fully saturated rings. The number of halogens is 1. The summed E-state index contributed by atoms with van der Waals surface area (Å²) >= 11 is 6.74. The molecule has 0 aliphatic rings. The minimum atomic E-state index is -3.78. The number of carbonyl (C=O) groups excluding carboxylic acids is 1. The Morgan fingerprint density at radius 1 is 1.22 bits per heavy atom. The first-order valence-electron chi connectivity index (χ1n) is 6.95. The molecule has 0 saturated carbocycles. The number of carbonyl (C=O) groups is 1. The first kappa shape index (κ1) is 17.8. The first-order chi connectivity index (χ1) is 10.8. The standard InChI is InChI=1S/C15H17ClN2O3S2/c1-10(2)9-17-15(19)11-5-3-4-6-12(11)18-23(20,21)14-8-7-13(16)22-14/h3-8,10,18H,9H2,1-2H3,(H,17,19). The Morgan fingerprint density at radius 2 is 1.91 bits per heavy atom. The average molecular weight is 373 g/mol. The Balaban J connectivity index is 2.25. The van der Waals surface area contributed by atoms with E-state index in [0.717, 1.165) is 11.3 Å². The van der Waals surface area contributed by atoms with Gasteiger partial charge in [0, 0.05) is 6.54 Å². The lowest BCUT2D eigenvalue weighted by Crippen LogP contribution is -2.28. The molecule has 0 saturated heterocycles. The summed E-state index contributed by atoms with van der Waals surface area (Å²) in [6, 6.07) is 9.42. The van der Waals surface area contributed by atoms with Crippen LogP contribution in [0.1, 0.15) is 24.2 Å². The minimum Gasteiger partial charge on any atom is -0.352 e. The third-order valence-electron chi connectivity index (χ3n) is 2.90. The highest BCUT2D eigenvalue weighted by Gasteiger charge is 2.20. The summed E-state index contributed by atoms with van der Waals surface area (Å²) in [7, 11) is -3.78. The fourth-order valence-electron chi connectivity index (χ4n) is 1.80. The lowest BCUT2D eigenvalue weighted by atomic mass is 10.1. The van der Waals surface area contributed by atoms with Crippen LogP contribution in [0.3, 0.4) is 0 Å². The molecule has 0 aliphatic carbocycles. The van der Waals surface area contributed by atoms with Crippen molar-refractivity contribution in [2.24, 2.45) is 5.92 Å². The molecule has 0 aliphatic heterocycles. The van der Waals surface area contributed by atoms with E-state index in [0.29, 0.717) is 16.8 Å². The molecule has 0 unspecified atom stereocenters. The van der Waals surface area contributed by atoms with Crippen LogP contribution in [-0.2, 0) is 10.0 Å². The van der Waals surface area contributed by atoms with Gasteiger partial charge in [-0.15, -0.1) is 11.3 Å². The van der Waals surface area contributed by atoms with Gasteiger partial charge in [-0.3, -0.25) is 9.52 Å². The van der Waals surface area contributed by atoms with Gasteiger partial charge in [0.2, 0.25) is 0 Å². The fourth-order valence-corrected chi connectivity index (χ4v) is 4.36. The van der Waals surface area contributed by atoms with Gasteiger partial charge in [0.05, 0.1) is 15.6 Å². The molecule has 1 amide bonds. The molecule has 23 heavy (non-hydrogen) atoms. The molecule has 1 aromatic heterocycles. The second kappa shape index (κ2) is 7.33. The van der Waals surface area contributed by atoms with Crippen LogP contribution < -0.4 is 10.0 Å². The van der Waals surface area contributed by atoms with E-state index in [9.17, 15) is 13.2 Å². The summed E-state index contributed by atoms with van der Waals surface area (Å²) in [6.07, 6.45) is 0. The smallest absolute Gasteiger partial charge is 0.271 e. The average Bonchev–Trinajstić information content (AvgIpc) is 2.92. The van der Waals surface area contributed by atoms with Crippen molar-refractivity contribution in [2.45, 2.75) is 18.1 Å². The molecular formula is C15H17ClN2O3S2. The lowest BCUT2D eigenvalue weighted by molar-refractivity contribution is 0.0950. The van der Waals surface area contributed by atoms with Gasteiger partial charge in [0.15, 0.2) is 0 Å². The van der Waals surface area contributed by atoms with Crippen molar-refractivity contribution in [3.05, 3.63) is 46.3 Å². The third-order valence-corrected chi connectivity index (χ3v) is 5.99. The van der Waals surface area contributed by atoms with E-state index in [1.54, 1.807) is 24.3 Å². The molecule has 0 radical (unpaired) electrons. The van der Waals surface area contributed by atoms with Crippen LogP contribution in [0, 0.1) is 5.92 Å². The number of thiophene rings is 1. The first-order valence-corrected chi connectivity index (χ1v) is 9.63. The summed E-state index contributed by atoms with van der Waals surface area (Å²) in [5.41, 5.74) is 0.512. The van der Waals surface area contributed by atoms with E-state index < -0.39 is 10.0 Å². The van der Waals surface area contributed by atoms with Crippen LogP contribution in [0.5, 0.6) is 0 Å². The predicted octanol–water partition coefficient (Wildman–Crippen LogP) is 3.59. The van der Waals surface area contributed by atoms with E-state index in [1.165, 1.54) is 12.1 Å². The minimum absolute atomic E-state index is 0.0971. The second-order valence-electron chi connectivity index (χ2n) is 5.31. The maximum atomic E-state index is 12.4. The van der Waals surface area contributed by atoms with Crippen molar-refractivity contribution in [1.82, 2.24) is 5.32 Å². The van der Waals surface area contributed by atoms with Crippen LogP contribution in [0.4, 0.5) is 5.69 Å². The fraction of sp³-hybridized carbons (Fsp3) is 0.267. The van der Waals surface area contributed by atoms with E-state index in [4.69, 9.17) is 11.6 Å². The van der Waals surface area contributed by atoms with Gasteiger partial charge in [-0.25, -0.2) is 8.42 Å². The molecule has 0 atom stereocenters. The number of rotatable bonds is 6. The number of anilines is 1. The number of amides is 1. The van der Waals surface area contributed by atoms with E-state index >= 15 is 0 Å². The lowest BCUT2D eigenvalue weighted by Gasteiger charge is -2.13. The number of para-hydroxylation sites is 1. The zero-order chi connectivity index (χ0) is 17.0. The molecule has 2 aromatic rings. The summed E-state index contributed by atoms with van der Waals surface area (Å²) in [6.45, 7) is 4.48. The van der Waals surface area contributed by atoms with Crippen molar-refractivity contribution in [2.75, 3.05) is 11.3 Å². The van der Waals surface area contributed by atoms with Crippen molar-refractivity contribution >= 4 is 44.6 Å². The Hall–Kier alpha value is -1.57. The molecule has 1 heterocycles. The molecule has 8 heteroatoms. The highest BCUT2D eigenvalue weighted by atomic mass is 35.5. The summed E-state index contributed by atoms with van der Waals surface area (Å²) in [5, 5.41) is 2.78.